The summed E-state index contributed by atoms with van der Waals surface area (Å²) >= 11 is 6.72. The van der Waals surface area contributed by atoms with Gasteiger partial charge in [0.25, 0.3) is 0 Å². The van der Waals surface area contributed by atoms with Crippen LogP contribution >= 0.6 is 67.8 Å². The van der Waals surface area contributed by atoms with Crippen molar-refractivity contribution in [1.82, 2.24) is 4.90 Å². The molecule has 0 bridgehead atoms. The summed E-state index contributed by atoms with van der Waals surface area (Å²) < 4.78 is 19.6. The summed E-state index contributed by atoms with van der Waals surface area (Å²) in [6.45, 7) is 14.4. The van der Waals surface area contributed by atoms with Gasteiger partial charge < -0.3 is 19.1 Å². The lowest BCUT2D eigenvalue weighted by Gasteiger charge is -2.33. The van der Waals surface area contributed by atoms with Crippen molar-refractivity contribution in [3.63, 3.8) is 0 Å². The van der Waals surface area contributed by atoms with E-state index >= 15 is 0 Å². The van der Waals surface area contributed by atoms with Gasteiger partial charge in [-0.1, -0.05) is 19.1 Å². The van der Waals surface area contributed by atoms with E-state index in [9.17, 15) is 14.4 Å². The number of likely N-dealkylation sites (tertiary alicyclic amines) is 1. The van der Waals surface area contributed by atoms with Crippen molar-refractivity contribution in [3.05, 3.63) is 52.2 Å². The van der Waals surface area contributed by atoms with Crippen LogP contribution < -0.4 is 10.1 Å². The van der Waals surface area contributed by atoms with E-state index in [4.69, 9.17) is 14.2 Å². The van der Waals surface area contributed by atoms with Crippen LogP contribution in [0.2, 0.25) is 0 Å². The van der Waals surface area contributed by atoms with Gasteiger partial charge >= 0.3 is 18.2 Å². The summed E-state index contributed by atoms with van der Waals surface area (Å²) in [5.74, 6) is 0.207. The Morgan fingerprint density at radius 2 is 1.51 bits per heavy atom. The number of amides is 2. The summed E-state index contributed by atoms with van der Waals surface area (Å²) in [4.78, 5) is 39.9. The van der Waals surface area contributed by atoms with Crippen LogP contribution in [0, 0.1) is 16.6 Å². The minimum Gasteiger partial charge on any atom is -0.444 e. The Bertz CT molecular complexity index is 1310. The molecule has 0 saturated carbocycles. The summed E-state index contributed by atoms with van der Waals surface area (Å²) in [5.41, 5.74) is 1.73. The van der Waals surface area contributed by atoms with E-state index in [0.29, 0.717) is 43.3 Å². The number of halogens is 3. The fourth-order valence-corrected chi connectivity index (χ4v) is 8.79. The summed E-state index contributed by atoms with van der Waals surface area (Å²) in [6.07, 6.45) is 2.03. The summed E-state index contributed by atoms with van der Waals surface area (Å²) in [5, 5.41) is 2.89. The third kappa shape index (κ3) is 10.9. The normalized spacial score (nSPS) is 15.1. The Hall–Kier alpha value is -1.36. The minimum absolute atomic E-state index is 0.260. The molecule has 0 aliphatic carbocycles. The molecule has 1 aliphatic rings. The number of hydrogen-bond acceptors (Lipinski definition) is 6. The number of benzene rings is 2. The van der Waals surface area contributed by atoms with Gasteiger partial charge in [-0.2, -0.15) is 0 Å². The second-order valence-electron chi connectivity index (χ2n) is 12.7. The van der Waals surface area contributed by atoms with Gasteiger partial charge in [0.15, 0.2) is 0 Å². The van der Waals surface area contributed by atoms with E-state index < -0.39 is 17.3 Å². The van der Waals surface area contributed by atoms with Gasteiger partial charge in [0, 0.05) is 23.8 Å². The van der Waals surface area contributed by atoms with Crippen molar-refractivity contribution in [2.75, 3.05) is 18.4 Å². The van der Waals surface area contributed by atoms with Crippen LogP contribution in [0.1, 0.15) is 84.8 Å². The van der Waals surface area contributed by atoms with Crippen molar-refractivity contribution in [1.29, 1.82) is 0 Å². The monoisotopic (exact) mass is 930 g/mol. The topological polar surface area (TPSA) is 94.2 Å². The number of ether oxygens (including phenoxy) is 3. The average molecular weight is 930 g/mol. The maximum atomic E-state index is 13.3. The van der Waals surface area contributed by atoms with E-state index in [-0.39, 0.29) is 18.0 Å². The van der Waals surface area contributed by atoms with Gasteiger partial charge in [0.05, 0.1) is 11.6 Å². The molecule has 1 aliphatic heterocycles. The molecule has 1 saturated heterocycles. The van der Waals surface area contributed by atoms with E-state index in [1.54, 1.807) is 4.90 Å². The van der Waals surface area contributed by atoms with Gasteiger partial charge in [0.1, 0.15) is 17.0 Å². The van der Waals surface area contributed by atoms with Gasteiger partial charge in [0.2, 0.25) is 0 Å². The molecule has 236 valence electrons. The predicted octanol–water partition coefficient (Wildman–Crippen LogP) is 9.14. The number of hydrogen-bond donors (Lipinski definition) is 1. The molecule has 1 atom stereocenters. The first-order chi connectivity index (χ1) is 20.0. The molecule has 1 heterocycles. The Labute approximate surface area is 296 Å². The number of carbonyl (C=O) groups is 3. The number of anilines is 1. The molecule has 11 heteroatoms. The molecule has 8 nitrogen and oxygen atoms in total. The summed E-state index contributed by atoms with van der Waals surface area (Å²) in [7, 11) is 0. The Kier molecular flexibility index (Phi) is 12.8. The minimum atomic E-state index is -0.609. The van der Waals surface area contributed by atoms with Crippen LogP contribution in [0.4, 0.5) is 15.3 Å². The number of rotatable bonds is 7. The molecule has 1 fully saturated rings. The summed E-state index contributed by atoms with van der Waals surface area (Å²) in [6, 6.07) is 9.72. The van der Waals surface area contributed by atoms with E-state index in [0.717, 1.165) is 29.1 Å². The highest BCUT2D eigenvalue weighted by atomic mass is 127. The Morgan fingerprint density at radius 3 is 2.05 bits per heavy atom. The van der Waals surface area contributed by atoms with Crippen LogP contribution in [0.25, 0.3) is 0 Å². The van der Waals surface area contributed by atoms with Crippen LogP contribution in [0.15, 0.2) is 30.3 Å². The van der Waals surface area contributed by atoms with E-state index in [1.165, 1.54) is 5.56 Å². The largest absolute Gasteiger partial charge is 0.444 e. The van der Waals surface area contributed by atoms with Crippen molar-refractivity contribution in [3.8, 4) is 5.75 Å². The molecular weight excluding hydrogens is 889 g/mol. The van der Waals surface area contributed by atoms with E-state index in [2.05, 4.69) is 73.1 Å². The number of carbonyl (C=O) groups excluding carboxylic acids is 3. The fourth-order valence-electron chi connectivity index (χ4n) is 4.71. The Balaban J connectivity index is 1.63. The number of nitrogens with zero attached hydrogens (tertiary/aromatic N) is 1. The lowest BCUT2D eigenvalue weighted by molar-refractivity contribution is -0.139. The van der Waals surface area contributed by atoms with Crippen molar-refractivity contribution < 1.29 is 28.6 Å². The van der Waals surface area contributed by atoms with Crippen LogP contribution in [0.5, 0.6) is 5.75 Å². The predicted molar refractivity (Wildman–Crippen MR) is 194 cm³/mol. The van der Waals surface area contributed by atoms with E-state index in [1.807, 2.05) is 78.8 Å². The zero-order valence-corrected chi connectivity index (χ0v) is 32.3. The molecule has 0 radical (unpaired) electrons. The molecule has 2 aromatic carbocycles. The van der Waals surface area contributed by atoms with Crippen molar-refractivity contribution >= 4 is 91.6 Å². The highest BCUT2D eigenvalue weighted by molar-refractivity contribution is 14.1. The molecule has 0 spiro atoms. The van der Waals surface area contributed by atoms with Gasteiger partial charge in [-0.15, -0.1) is 0 Å². The maximum absolute atomic E-state index is 13.3. The Morgan fingerprint density at radius 1 is 0.930 bits per heavy atom. The molecular formula is C32H41I3N2O6. The number of piperidine rings is 1. The second kappa shape index (κ2) is 15.3. The van der Waals surface area contributed by atoms with Crippen molar-refractivity contribution in [2.24, 2.45) is 5.92 Å². The lowest BCUT2D eigenvalue weighted by atomic mass is 9.89. The second-order valence-corrected chi connectivity index (χ2v) is 16.1. The van der Waals surface area contributed by atoms with Crippen molar-refractivity contribution in [2.45, 2.75) is 91.3 Å². The molecule has 1 N–H and O–H groups in total. The molecule has 1 unspecified atom stereocenters. The average Bonchev–Trinajstić information content (AvgIpc) is 2.89. The molecule has 3 rings (SSSR count). The van der Waals surface area contributed by atoms with Crippen LogP contribution in [0.3, 0.4) is 0 Å². The highest BCUT2D eigenvalue weighted by Gasteiger charge is 2.28. The van der Waals surface area contributed by atoms with Crippen LogP contribution in [-0.2, 0) is 20.7 Å². The first-order valence-corrected chi connectivity index (χ1v) is 17.7. The standard InChI is InChI=1S/C32H41I3N2O6/c1-8-19(17-23-24(33)18-25(34)27(26(23)35)36-29(39)42-31(2,3)4)28(38)41-22-11-9-20(10-12-22)21-13-15-37(16-14-21)30(40)43-32(5,6)7/h9-12,18-19,21H,8,13-17H2,1-7H3,(H,36,39). The smallest absolute Gasteiger partial charge is 0.412 e. The lowest BCUT2D eigenvalue weighted by Crippen LogP contribution is -2.41. The molecule has 2 amide bonds. The molecule has 43 heavy (non-hydrogen) atoms. The third-order valence-electron chi connectivity index (χ3n) is 6.88. The zero-order valence-electron chi connectivity index (χ0n) is 25.8. The maximum Gasteiger partial charge on any atom is 0.412 e. The number of nitrogens with one attached hydrogen (secondary N) is 1. The van der Waals surface area contributed by atoms with Gasteiger partial charge in [-0.25, -0.2) is 9.59 Å². The zero-order chi connectivity index (χ0) is 32.1. The van der Waals surface area contributed by atoms with Crippen LogP contribution in [-0.4, -0.2) is 47.3 Å². The van der Waals surface area contributed by atoms with Gasteiger partial charge in [-0.05, 0) is 170 Å². The highest BCUT2D eigenvalue weighted by Crippen LogP contribution is 2.35. The molecule has 2 aromatic rings. The SMILES string of the molecule is CCC(Cc1c(I)cc(I)c(NC(=O)OC(C)(C)C)c1I)C(=O)Oc1ccc(C2CCN(C(=O)OC(C)(C)C)CC2)cc1. The number of esters is 1. The third-order valence-corrected chi connectivity index (χ3v) is 9.89. The first-order valence-electron chi connectivity index (χ1n) is 14.4. The van der Waals surface area contributed by atoms with Gasteiger partial charge in [-0.3, -0.25) is 10.1 Å². The quantitative estimate of drug-likeness (QED) is 0.169. The molecule has 0 aromatic heterocycles. The first kappa shape index (κ1) is 36.1. The fraction of sp³-hybridized carbons (Fsp3) is 0.531.